The van der Waals surface area contributed by atoms with E-state index >= 15 is 0 Å². The van der Waals surface area contributed by atoms with Crippen LogP contribution in [-0.2, 0) is 6.54 Å². The van der Waals surface area contributed by atoms with Crippen LogP contribution < -0.4 is 4.90 Å². The van der Waals surface area contributed by atoms with Crippen molar-refractivity contribution in [3.63, 3.8) is 0 Å². The van der Waals surface area contributed by atoms with Crippen molar-refractivity contribution in [2.24, 2.45) is 0 Å². The van der Waals surface area contributed by atoms with E-state index < -0.39 is 0 Å². The number of benzene rings is 1. The monoisotopic (exact) mass is 369 g/mol. The Morgan fingerprint density at radius 2 is 1.81 bits per heavy atom. The Labute approximate surface area is 162 Å². The lowest BCUT2D eigenvalue weighted by Crippen LogP contribution is -2.48. The number of anilines is 1. The minimum Gasteiger partial charge on any atom is -0.369 e. The predicted octanol–water partition coefficient (Wildman–Crippen LogP) is 2.98. The minimum atomic E-state index is 0.498. The van der Waals surface area contributed by atoms with Crippen molar-refractivity contribution < 1.29 is 4.52 Å². The van der Waals surface area contributed by atoms with Crippen LogP contribution in [0.3, 0.4) is 0 Å². The van der Waals surface area contributed by atoms with Crippen LogP contribution in [0.25, 0.3) is 0 Å². The molecule has 27 heavy (non-hydrogen) atoms. The van der Waals surface area contributed by atoms with Gasteiger partial charge in [-0.15, -0.1) is 0 Å². The van der Waals surface area contributed by atoms with Crippen molar-refractivity contribution in [1.29, 1.82) is 0 Å². The van der Waals surface area contributed by atoms with Crippen molar-refractivity contribution >= 4 is 5.69 Å². The van der Waals surface area contributed by atoms with Gasteiger partial charge in [-0.3, -0.25) is 9.80 Å². The number of hydrogen-bond donors (Lipinski definition) is 0. The molecule has 1 saturated heterocycles. The van der Waals surface area contributed by atoms with Gasteiger partial charge in [-0.05, 0) is 32.0 Å². The topological polar surface area (TPSA) is 48.6 Å². The first-order valence-electron chi connectivity index (χ1n) is 10.3. The van der Waals surface area contributed by atoms with Gasteiger partial charge in [-0.25, -0.2) is 0 Å². The summed E-state index contributed by atoms with van der Waals surface area (Å²) in [5, 5.41) is 4.19. The quantitative estimate of drug-likeness (QED) is 0.748. The highest BCUT2D eigenvalue weighted by Gasteiger charge is 2.23. The molecular weight excluding hydrogens is 338 g/mol. The lowest BCUT2D eigenvalue weighted by atomic mass is 10.1. The molecular formula is C21H31N5O. The van der Waals surface area contributed by atoms with Gasteiger partial charge >= 0.3 is 0 Å². The van der Waals surface area contributed by atoms with E-state index in [1.165, 1.54) is 31.4 Å². The highest BCUT2D eigenvalue weighted by atomic mass is 16.5. The van der Waals surface area contributed by atoms with E-state index in [2.05, 4.69) is 62.2 Å². The standard InChI is InChI=1S/C21H31N5O/c1-24(17-20-22-21(27-23-20)18-7-5-6-8-18)11-12-25-13-15-26(16-14-25)19-9-3-2-4-10-19/h2-4,9-10,18H,5-8,11-17H2,1H3. The molecule has 1 aliphatic carbocycles. The van der Waals surface area contributed by atoms with E-state index in [0.29, 0.717) is 5.92 Å². The van der Waals surface area contributed by atoms with Gasteiger partial charge < -0.3 is 9.42 Å². The van der Waals surface area contributed by atoms with Gasteiger partial charge in [0, 0.05) is 50.9 Å². The fraction of sp³-hybridized carbons (Fsp3) is 0.619. The fourth-order valence-corrected chi connectivity index (χ4v) is 4.17. The summed E-state index contributed by atoms with van der Waals surface area (Å²) >= 11 is 0. The van der Waals surface area contributed by atoms with E-state index in [1.54, 1.807) is 0 Å². The lowest BCUT2D eigenvalue weighted by molar-refractivity contribution is 0.209. The normalized spacial score (nSPS) is 19.3. The van der Waals surface area contributed by atoms with E-state index in [4.69, 9.17) is 4.52 Å². The van der Waals surface area contributed by atoms with E-state index in [0.717, 1.165) is 57.5 Å². The summed E-state index contributed by atoms with van der Waals surface area (Å²) in [6.45, 7) is 7.32. The van der Waals surface area contributed by atoms with Gasteiger partial charge in [0.2, 0.25) is 5.89 Å². The molecule has 1 aliphatic heterocycles. The average Bonchev–Trinajstić information content (AvgIpc) is 3.39. The number of likely N-dealkylation sites (N-methyl/N-ethyl adjacent to an activating group) is 1. The molecule has 0 N–H and O–H groups in total. The molecule has 0 unspecified atom stereocenters. The SMILES string of the molecule is CN(CCN1CCN(c2ccccc2)CC1)Cc1noc(C2CCCC2)n1. The zero-order chi connectivity index (χ0) is 18.5. The fourth-order valence-electron chi connectivity index (χ4n) is 4.17. The maximum Gasteiger partial charge on any atom is 0.229 e. The summed E-state index contributed by atoms with van der Waals surface area (Å²) in [6.07, 6.45) is 4.98. The predicted molar refractivity (Wildman–Crippen MR) is 107 cm³/mol. The number of aromatic nitrogens is 2. The maximum absolute atomic E-state index is 5.49. The van der Waals surface area contributed by atoms with Crippen molar-refractivity contribution in [3.8, 4) is 0 Å². The molecule has 6 nitrogen and oxygen atoms in total. The first kappa shape index (κ1) is 18.4. The zero-order valence-electron chi connectivity index (χ0n) is 16.4. The van der Waals surface area contributed by atoms with Gasteiger partial charge in [0.1, 0.15) is 0 Å². The Morgan fingerprint density at radius 3 is 2.56 bits per heavy atom. The number of para-hydroxylation sites is 1. The molecule has 0 radical (unpaired) electrons. The molecule has 0 amide bonds. The first-order chi connectivity index (χ1) is 13.3. The highest BCUT2D eigenvalue weighted by molar-refractivity contribution is 5.46. The number of nitrogens with zero attached hydrogens (tertiary/aromatic N) is 5. The van der Waals surface area contributed by atoms with Crippen molar-refractivity contribution in [2.45, 2.75) is 38.1 Å². The zero-order valence-corrected chi connectivity index (χ0v) is 16.4. The second kappa shape index (κ2) is 8.85. The molecule has 0 spiro atoms. The van der Waals surface area contributed by atoms with Gasteiger partial charge in [0.15, 0.2) is 5.82 Å². The van der Waals surface area contributed by atoms with Crippen molar-refractivity contribution in [3.05, 3.63) is 42.0 Å². The van der Waals surface area contributed by atoms with E-state index in [1.807, 2.05) is 0 Å². The Hall–Kier alpha value is -1.92. The third-order valence-corrected chi connectivity index (χ3v) is 5.89. The first-order valence-corrected chi connectivity index (χ1v) is 10.3. The summed E-state index contributed by atoms with van der Waals surface area (Å²) < 4.78 is 5.49. The molecule has 0 bridgehead atoms. The summed E-state index contributed by atoms with van der Waals surface area (Å²) in [4.78, 5) is 12.0. The molecule has 2 aromatic rings. The molecule has 4 rings (SSSR count). The number of piperazine rings is 1. The smallest absolute Gasteiger partial charge is 0.229 e. The molecule has 2 fully saturated rings. The van der Waals surface area contributed by atoms with E-state index in [9.17, 15) is 0 Å². The number of rotatable bonds is 7. The van der Waals surface area contributed by atoms with Crippen LogP contribution in [0.4, 0.5) is 5.69 Å². The molecule has 1 saturated carbocycles. The summed E-state index contributed by atoms with van der Waals surface area (Å²) in [7, 11) is 2.14. The third kappa shape index (κ3) is 4.87. The molecule has 1 aromatic carbocycles. The van der Waals surface area contributed by atoms with E-state index in [-0.39, 0.29) is 0 Å². The molecule has 1 aromatic heterocycles. The van der Waals surface area contributed by atoms with Crippen LogP contribution in [0.2, 0.25) is 0 Å². The Kier molecular flexibility index (Phi) is 6.04. The molecule has 146 valence electrons. The Balaban J connectivity index is 1.18. The van der Waals surface area contributed by atoms with Crippen molar-refractivity contribution in [1.82, 2.24) is 19.9 Å². The minimum absolute atomic E-state index is 0.498. The van der Waals surface area contributed by atoms with Crippen LogP contribution in [0, 0.1) is 0 Å². The lowest BCUT2D eigenvalue weighted by Gasteiger charge is -2.36. The molecule has 2 heterocycles. The van der Waals surface area contributed by atoms with Gasteiger partial charge in [0.05, 0.1) is 6.54 Å². The largest absolute Gasteiger partial charge is 0.369 e. The third-order valence-electron chi connectivity index (χ3n) is 5.89. The second-order valence-electron chi connectivity index (χ2n) is 7.93. The summed E-state index contributed by atoms with van der Waals surface area (Å²) in [5.74, 6) is 2.18. The summed E-state index contributed by atoms with van der Waals surface area (Å²) in [6, 6.07) is 10.7. The molecule has 6 heteroatoms. The van der Waals surface area contributed by atoms with Crippen LogP contribution in [0.5, 0.6) is 0 Å². The Morgan fingerprint density at radius 1 is 1.07 bits per heavy atom. The van der Waals surface area contributed by atoms with Crippen LogP contribution in [0.1, 0.15) is 43.3 Å². The van der Waals surface area contributed by atoms with Crippen molar-refractivity contribution in [2.75, 3.05) is 51.2 Å². The highest BCUT2D eigenvalue weighted by Crippen LogP contribution is 2.32. The number of hydrogen-bond acceptors (Lipinski definition) is 6. The van der Waals surface area contributed by atoms with Gasteiger partial charge in [0.25, 0.3) is 0 Å². The maximum atomic E-state index is 5.49. The van der Waals surface area contributed by atoms with Gasteiger partial charge in [-0.1, -0.05) is 36.2 Å². The summed E-state index contributed by atoms with van der Waals surface area (Å²) in [5.41, 5.74) is 1.34. The van der Waals surface area contributed by atoms with Gasteiger partial charge in [-0.2, -0.15) is 4.98 Å². The molecule has 0 atom stereocenters. The van der Waals surface area contributed by atoms with Crippen LogP contribution in [0.15, 0.2) is 34.9 Å². The average molecular weight is 370 g/mol. The Bertz CT molecular complexity index is 690. The van der Waals surface area contributed by atoms with Crippen LogP contribution in [-0.4, -0.2) is 66.3 Å². The second-order valence-corrected chi connectivity index (χ2v) is 7.93. The van der Waals surface area contributed by atoms with Crippen LogP contribution >= 0.6 is 0 Å². The molecule has 2 aliphatic rings.